The first-order valence-electron chi connectivity index (χ1n) is 4.93. The van der Waals surface area contributed by atoms with E-state index < -0.39 is 0 Å². The van der Waals surface area contributed by atoms with Crippen molar-refractivity contribution in [2.24, 2.45) is 5.73 Å². The molecule has 0 radical (unpaired) electrons. The van der Waals surface area contributed by atoms with E-state index in [2.05, 4.69) is 15.3 Å². The third kappa shape index (κ3) is 2.63. The van der Waals surface area contributed by atoms with Gasteiger partial charge in [0.2, 0.25) is 0 Å². The van der Waals surface area contributed by atoms with Crippen molar-refractivity contribution in [3.8, 4) is 0 Å². The Morgan fingerprint density at radius 2 is 2.27 bits per heavy atom. The van der Waals surface area contributed by atoms with E-state index >= 15 is 0 Å². The average Bonchev–Trinajstić information content (AvgIpc) is 2.88. The van der Waals surface area contributed by atoms with Gasteiger partial charge in [-0.2, -0.15) is 0 Å². The van der Waals surface area contributed by atoms with E-state index in [1.807, 2.05) is 28.0 Å². The first kappa shape index (κ1) is 9.85. The van der Waals surface area contributed by atoms with Gasteiger partial charge in [0.05, 0.1) is 12.0 Å². The zero-order chi connectivity index (χ0) is 10.5. The maximum absolute atomic E-state index is 5.44. The van der Waals surface area contributed by atoms with Crippen molar-refractivity contribution in [1.29, 1.82) is 0 Å². The number of hydrogen-bond donors (Lipinski definition) is 1. The van der Waals surface area contributed by atoms with Gasteiger partial charge in [-0.05, 0) is 6.42 Å². The molecule has 0 aromatic carbocycles. The second-order valence-electron chi connectivity index (χ2n) is 3.33. The monoisotopic (exact) mass is 206 g/mol. The fraction of sp³-hybridized carbons (Fsp3) is 0.444. The van der Waals surface area contributed by atoms with E-state index in [1.165, 1.54) is 0 Å². The zero-order valence-electron chi connectivity index (χ0n) is 8.45. The molecule has 0 saturated heterocycles. The molecule has 6 heteroatoms. The Hall–Kier alpha value is -1.69. The number of rotatable bonds is 5. The van der Waals surface area contributed by atoms with Crippen molar-refractivity contribution >= 4 is 0 Å². The highest BCUT2D eigenvalue weighted by Gasteiger charge is 1.98. The summed E-state index contributed by atoms with van der Waals surface area (Å²) >= 11 is 0. The van der Waals surface area contributed by atoms with Crippen LogP contribution in [0.15, 0.2) is 24.9 Å². The molecule has 80 valence electrons. The Bertz CT molecular complexity index is 390. The van der Waals surface area contributed by atoms with E-state index in [4.69, 9.17) is 5.73 Å². The van der Waals surface area contributed by atoms with Gasteiger partial charge in [-0.25, -0.2) is 4.98 Å². The molecular formula is C9H14N6. The maximum atomic E-state index is 5.44. The molecule has 0 aliphatic heterocycles. The summed E-state index contributed by atoms with van der Waals surface area (Å²) in [6, 6.07) is 0. The van der Waals surface area contributed by atoms with Gasteiger partial charge in [0, 0.05) is 38.2 Å². The van der Waals surface area contributed by atoms with Gasteiger partial charge < -0.3 is 10.3 Å². The minimum absolute atomic E-state index is 0.446. The van der Waals surface area contributed by atoms with Crippen LogP contribution in [0.2, 0.25) is 0 Å². The Morgan fingerprint density at radius 3 is 2.93 bits per heavy atom. The summed E-state index contributed by atoms with van der Waals surface area (Å²) < 4.78 is 3.86. The summed E-state index contributed by atoms with van der Waals surface area (Å²) in [5, 5.41) is 7.89. The molecule has 0 amide bonds. The molecule has 2 rings (SSSR count). The lowest BCUT2D eigenvalue weighted by Gasteiger charge is -2.01. The molecule has 2 aromatic rings. The van der Waals surface area contributed by atoms with Crippen LogP contribution in [0.1, 0.15) is 12.1 Å². The average molecular weight is 206 g/mol. The van der Waals surface area contributed by atoms with Crippen LogP contribution in [0.4, 0.5) is 0 Å². The summed E-state index contributed by atoms with van der Waals surface area (Å²) in [6.45, 7) is 2.24. The quantitative estimate of drug-likeness (QED) is 0.748. The lowest BCUT2D eigenvalue weighted by atomic mass is 10.4. The second-order valence-corrected chi connectivity index (χ2v) is 3.33. The van der Waals surface area contributed by atoms with Crippen LogP contribution < -0.4 is 5.73 Å². The molecule has 0 aliphatic carbocycles. The van der Waals surface area contributed by atoms with Crippen molar-refractivity contribution in [3.63, 3.8) is 0 Å². The molecule has 0 atom stereocenters. The van der Waals surface area contributed by atoms with E-state index in [1.54, 1.807) is 6.20 Å². The van der Waals surface area contributed by atoms with Crippen molar-refractivity contribution in [3.05, 3.63) is 30.6 Å². The number of aromatic nitrogens is 5. The van der Waals surface area contributed by atoms with Gasteiger partial charge in [0.1, 0.15) is 0 Å². The summed E-state index contributed by atoms with van der Waals surface area (Å²) in [7, 11) is 0. The van der Waals surface area contributed by atoms with Gasteiger partial charge in [-0.3, -0.25) is 4.68 Å². The maximum Gasteiger partial charge on any atom is 0.0962 e. The summed E-state index contributed by atoms with van der Waals surface area (Å²) in [5.74, 6) is 0. The highest BCUT2D eigenvalue weighted by Crippen LogP contribution is 1.96. The van der Waals surface area contributed by atoms with Gasteiger partial charge in [0.15, 0.2) is 0 Å². The number of imidazole rings is 1. The SMILES string of the molecule is NCc1cn(CCCn2ccnc2)nn1. The molecule has 0 aliphatic rings. The Labute approximate surface area is 87.7 Å². The Morgan fingerprint density at radius 1 is 1.33 bits per heavy atom. The molecule has 2 heterocycles. The Kier molecular flexibility index (Phi) is 3.08. The number of hydrogen-bond acceptors (Lipinski definition) is 4. The van der Waals surface area contributed by atoms with Crippen molar-refractivity contribution in [2.45, 2.75) is 26.1 Å². The second kappa shape index (κ2) is 4.70. The van der Waals surface area contributed by atoms with Crippen LogP contribution in [0.3, 0.4) is 0 Å². The van der Waals surface area contributed by atoms with Crippen molar-refractivity contribution in [1.82, 2.24) is 24.5 Å². The van der Waals surface area contributed by atoms with E-state index in [9.17, 15) is 0 Å². The summed E-state index contributed by atoms with van der Waals surface area (Å²) in [6.07, 6.45) is 8.43. The minimum Gasteiger partial charge on any atom is -0.337 e. The van der Waals surface area contributed by atoms with Crippen molar-refractivity contribution in [2.75, 3.05) is 0 Å². The molecule has 6 nitrogen and oxygen atoms in total. The van der Waals surface area contributed by atoms with Crippen LogP contribution in [-0.2, 0) is 19.6 Å². The normalized spacial score (nSPS) is 10.7. The topological polar surface area (TPSA) is 74.5 Å². The lowest BCUT2D eigenvalue weighted by molar-refractivity contribution is 0.514. The van der Waals surface area contributed by atoms with Crippen LogP contribution in [0.25, 0.3) is 0 Å². The molecule has 0 bridgehead atoms. The van der Waals surface area contributed by atoms with Gasteiger partial charge >= 0.3 is 0 Å². The molecule has 15 heavy (non-hydrogen) atoms. The third-order valence-electron chi connectivity index (χ3n) is 2.16. The van der Waals surface area contributed by atoms with Gasteiger partial charge in [-0.15, -0.1) is 5.10 Å². The van der Waals surface area contributed by atoms with E-state index in [0.29, 0.717) is 6.54 Å². The molecule has 0 saturated carbocycles. The lowest BCUT2D eigenvalue weighted by Crippen LogP contribution is -2.03. The highest BCUT2D eigenvalue weighted by molar-refractivity contribution is 4.90. The molecule has 0 unspecified atom stereocenters. The number of nitrogens with zero attached hydrogens (tertiary/aromatic N) is 5. The van der Waals surface area contributed by atoms with Crippen molar-refractivity contribution < 1.29 is 0 Å². The van der Waals surface area contributed by atoms with Crippen LogP contribution in [-0.4, -0.2) is 24.5 Å². The standard InChI is InChI=1S/C9H14N6/c10-6-9-7-15(13-12-9)4-1-3-14-5-2-11-8-14/h2,5,7-8H,1,3-4,6,10H2. The van der Waals surface area contributed by atoms with Gasteiger partial charge in [-0.1, -0.05) is 5.21 Å². The number of aryl methyl sites for hydroxylation is 2. The fourth-order valence-corrected chi connectivity index (χ4v) is 1.38. The zero-order valence-corrected chi connectivity index (χ0v) is 8.45. The third-order valence-corrected chi connectivity index (χ3v) is 2.16. The van der Waals surface area contributed by atoms with Crippen LogP contribution >= 0.6 is 0 Å². The predicted octanol–water partition coefficient (Wildman–Crippen LogP) is 0.0236. The molecule has 0 fully saturated rings. The first-order chi connectivity index (χ1) is 7.38. The molecule has 0 spiro atoms. The minimum atomic E-state index is 0.446. The summed E-state index contributed by atoms with van der Waals surface area (Å²) in [4.78, 5) is 3.98. The van der Waals surface area contributed by atoms with Crippen LogP contribution in [0, 0.1) is 0 Å². The van der Waals surface area contributed by atoms with E-state index in [0.717, 1.165) is 25.2 Å². The first-order valence-corrected chi connectivity index (χ1v) is 4.93. The largest absolute Gasteiger partial charge is 0.337 e. The molecule has 2 N–H and O–H groups in total. The highest BCUT2D eigenvalue weighted by atomic mass is 15.4. The Balaban J connectivity index is 1.78. The summed E-state index contributed by atoms with van der Waals surface area (Å²) in [5.41, 5.74) is 6.27. The fourth-order valence-electron chi connectivity index (χ4n) is 1.38. The molecular weight excluding hydrogens is 192 g/mol. The molecule has 2 aromatic heterocycles. The van der Waals surface area contributed by atoms with E-state index in [-0.39, 0.29) is 0 Å². The van der Waals surface area contributed by atoms with Crippen LogP contribution in [0.5, 0.6) is 0 Å². The number of nitrogens with two attached hydrogens (primary N) is 1. The van der Waals surface area contributed by atoms with Gasteiger partial charge in [0.25, 0.3) is 0 Å². The predicted molar refractivity (Wildman–Crippen MR) is 54.8 cm³/mol. The smallest absolute Gasteiger partial charge is 0.0962 e.